The lowest BCUT2D eigenvalue weighted by molar-refractivity contribution is -0.859. The molecule has 0 saturated carbocycles. The topological polar surface area (TPSA) is 112 Å². The number of likely N-dealkylation sites (tertiary alicyclic amines) is 1. The van der Waals surface area contributed by atoms with Crippen LogP contribution in [0.4, 0.5) is 10.6 Å². The summed E-state index contributed by atoms with van der Waals surface area (Å²) < 4.78 is 7.63. The molecule has 9 heteroatoms. The number of ether oxygens (including phenoxy) is 1. The number of anilines is 1. The second-order valence-corrected chi connectivity index (χ2v) is 8.54. The van der Waals surface area contributed by atoms with Crippen molar-refractivity contribution in [2.45, 2.75) is 58.7 Å². The van der Waals surface area contributed by atoms with Gasteiger partial charge in [0, 0.05) is 32.0 Å². The molecule has 3 N–H and O–H groups in total. The largest absolute Gasteiger partial charge is 0.517 e. The Balaban J connectivity index is 1.65. The molecule has 158 valence electrons. The number of nitrogens with two attached hydrogens (primary N) is 1. The number of pyridine rings is 1. The molecule has 2 atom stereocenters. The Morgan fingerprint density at radius 3 is 2.83 bits per heavy atom. The number of imidazole rings is 1. The molecular weight excluding hydrogens is 372 g/mol. The Kier molecular flexibility index (Phi) is 5.79. The van der Waals surface area contributed by atoms with Crippen LogP contribution in [0.5, 0.6) is 0 Å². The molecule has 0 radical (unpaired) electrons. The number of nitrogens with one attached hydrogen (secondary N) is 1. The van der Waals surface area contributed by atoms with Crippen molar-refractivity contribution in [3.63, 3.8) is 0 Å². The fourth-order valence-electron chi connectivity index (χ4n) is 3.98. The first-order valence-corrected chi connectivity index (χ1v) is 10.1. The van der Waals surface area contributed by atoms with Gasteiger partial charge in [-0.25, -0.2) is 14.5 Å². The summed E-state index contributed by atoms with van der Waals surface area (Å²) in [5.74, 6) is 0.317. The Labute approximate surface area is 170 Å². The zero-order chi connectivity index (χ0) is 21.2. The number of carbonyl (C=O) groups is 2. The number of rotatable bonds is 5. The number of likely N-dealkylation sites (N-methyl/N-ethyl adjacent to an activating group) is 1. The van der Waals surface area contributed by atoms with Gasteiger partial charge in [0.05, 0.1) is 31.1 Å². The van der Waals surface area contributed by atoms with Crippen molar-refractivity contribution in [3.05, 3.63) is 18.6 Å². The highest BCUT2D eigenvalue weighted by atomic mass is 16.6. The molecule has 1 aliphatic heterocycles. The van der Waals surface area contributed by atoms with E-state index in [4.69, 9.17) is 10.5 Å². The smallest absolute Gasteiger partial charge is 0.414 e. The molecular formula is C20H31N6O3+. The number of quaternary nitrogens is 1. The van der Waals surface area contributed by atoms with Crippen LogP contribution in [0.25, 0.3) is 11.0 Å². The van der Waals surface area contributed by atoms with Crippen molar-refractivity contribution in [1.29, 1.82) is 0 Å². The van der Waals surface area contributed by atoms with Crippen molar-refractivity contribution in [2.75, 3.05) is 25.4 Å². The predicted octanol–water partition coefficient (Wildman–Crippen LogP) is 2.06. The van der Waals surface area contributed by atoms with Gasteiger partial charge in [0.1, 0.15) is 16.9 Å². The lowest BCUT2D eigenvalue weighted by Crippen LogP contribution is -2.61. The minimum Gasteiger partial charge on any atom is -0.414 e. The van der Waals surface area contributed by atoms with Gasteiger partial charge in [0.2, 0.25) is 0 Å². The van der Waals surface area contributed by atoms with Gasteiger partial charge in [-0.15, -0.1) is 0 Å². The number of nitrogens with zero attached hydrogens (tertiary/aromatic N) is 4. The van der Waals surface area contributed by atoms with Crippen LogP contribution in [0.3, 0.4) is 0 Å². The van der Waals surface area contributed by atoms with E-state index in [0.717, 1.165) is 17.5 Å². The molecule has 0 unspecified atom stereocenters. The molecule has 1 aliphatic rings. The maximum absolute atomic E-state index is 12.9. The van der Waals surface area contributed by atoms with E-state index in [0.29, 0.717) is 38.4 Å². The third-order valence-corrected chi connectivity index (χ3v) is 5.44. The first kappa shape index (κ1) is 21.0. The average molecular weight is 404 g/mol. The number of amides is 2. The summed E-state index contributed by atoms with van der Waals surface area (Å²) in [6, 6.07) is 1.34. The molecule has 0 spiro atoms. The quantitative estimate of drug-likeness (QED) is 0.739. The van der Waals surface area contributed by atoms with Gasteiger partial charge in [0.25, 0.3) is 5.91 Å². The van der Waals surface area contributed by atoms with E-state index in [-0.39, 0.29) is 16.5 Å². The number of aromatic nitrogens is 3. The maximum Gasteiger partial charge on any atom is 0.517 e. The van der Waals surface area contributed by atoms with Crippen LogP contribution >= 0.6 is 0 Å². The van der Waals surface area contributed by atoms with E-state index in [2.05, 4.69) is 15.3 Å². The molecule has 3 heterocycles. The molecule has 3 rings (SSSR count). The molecule has 0 bridgehead atoms. The molecule has 1 fully saturated rings. The van der Waals surface area contributed by atoms with Crippen molar-refractivity contribution in [2.24, 2.45) is 0 Å². The van der Waals surface area contributed by atoms with Crippen molar-refractivity contribution < 1.29 is 18.8 Å². The first-order valence-electron chi connectivity index (χ1n) is 10.1. The normalized spacial score (nSPS) is 22.0. The van der Waals surface area contributed by atoms with Gasteiger partial charge in [-0.1, -0.05) is 0 Å². The number of carbonyl (C=O) groups excluding carboxylic acids is 2. The maximum atomic E-state index is 12.9. The highest BCUT2D eigenvalue weighted by Gasteiger charge is 2.52. The van der Waals surface area contributed by atoms with Gasteiger partial charge in [0.15, 0.2) is 6.04 Å². The van der Waals surface area contributed by atoms with Gasteiger partial charge in [-0.3, -0.25) is 4.79 Å². The lowest BCUT2D eigenvalue weighted by Gasteiger charge is -2.36. The Morgan fingerprint density at radius 1 is 1.38 bits per heavy atom. The van der Waals surface area contributed by atoms with E-state index in [1.165, 1.54) is 0 Å². The minimum absolute atomic E-state index is 0.0549. The van der Waals surface area contributed by atoms with Gasteiger partial charge in [-0.2, -0.15) is 4.79 Å². The molecule has 9 nitrogen and oxygen atoms in total. The van der Waals surface area contributed by atoms with Crippen LogP contribution in [-0.2, 0) is 16.1 Å². The zero-order valence-electron chi connectivity index (χ0n) is 17.6. The monoisotopic (exact) mass is 403 g/mol. The van der Waals surface area contributed by atoms with E-state index in [9.17, 15) is 9.59 Å². The second-order valence-electron chi connectivity index (χ2n) is 8.54. The lowest BCUT2D eigenvalue weighted by atomic mass is 10.1. The fourth-order valence-corrected chi connectivity index (χ4v) is 3.98. The molecule has 2 aromatic rings. The Hall–Kier alpha value is -2.68. The van der Waals surface area contributed by atoms with E-state index >= 15 is 0 Å². The first-order chi connectivity index (χ1) is 13.7. The highest BCUT2D eigenvalue weighted by molar-refractivity contribution is 5.83. The SMILES string of the molecule is CC[N@@+]1(C(=O)OC(C)(C)C)CCC[C@H]1C(=O)NCCn1cnc2cnc(N)cc21. The van der Waals surface area contributed by atoms with Crippen molar-refractivity contribution in [3.8, 4) is 0 Å². The Bertz CT molecular complexity index is 903. The summed E-state index contributed by atoms with van der Waals surface area (Å²) in [4.78, 5) is 34.2. The van der Waals surface area contributed by atoms with Crippen LogP contribution in [0.2, 0.25) is 0 Å². The molecule has 1 saturated heterocycles. The summed E-state index contributed by atoms with van der Waals surface area (Å²) in [7, 11) is 0. The van der Waals surface area contributed by atoms with Crippen LogP contribution in [-0.4, -0.2) is 62.3 Å². The van der Waals surface area contributed by atoms with Crippen LogP contribution in [0, 0.1) is 0 Å². The summed E-state index contributed by atoms with van der Waals surface area (Å²) in [6.07, 6.45) is 4.52. The number of hydrogen-bond acceptors (Lipinski definition) is 6. The number of nitrogen functional groups attached to an aromatic ring is 1. The summed E-state index contributed by atoms with van der Waals surface area (Å²) in [5.41, 5.74) is 6.81. The summed E-state index contributed by atoms with van der Waals surface area (Å²) in [6.45, 7) is 9.62. The molecule has 0 aliphatic carbocycles. The van der Waals surface area contributed by atoms with E-state index in [1.807, 2.05) is 32.3 Å². The van der Waals surface area contributed by atoms with Gasteiger partial charge in [-0.05, 0) is 27.7 Å². The molecule has 2 amide bonds. The second kappa shape index (κ2) is 7.98. The van der Waals surface area contributed by atoms with Crippen molar-refractivity contribution >= 4 is 28.9 Å². The van der Waals surface area contributed by atoms with E-state index in [1.54, 1.807) is 18.6 Å². The van der Waals surface area contributed by atoms with Gasteiger partial charge >= 0.3 is 6.09 Å². The summed E-state index contributed by atoms with van der Waals surface area (Å²) >= 11 is 0. The van der Waals surface area contributed by atoms with Crippen LogP contribution in [0.15, 0.2) is 18.6 Å². The molecule has 29 heavy (non-hydrogen) atoms. The minimum atomic E-state index is -0.583. The Morgan fingerprint density at radius 2 is 2.14 bits per heavy atom. The van der Waals surface area contributed by atoms with Crippen molar-refractivity contribution in [1.82, 2.24) is 19.9 Å². The number of hydrogen-bond donors (Lipinski definition) is 2. The third kappa shape index (κ3) is 4.34. The van der Waals surface area contributed by atoms with Crippen LogP contribution < -0.4 is 11.1 Å². The standard InChI is InChI=1S/C20H30N6O3/c1-5-26(19(28)29-20(2,3)4)10-6-7-16(26)18(27)22-8-9-25-13-24-14-12-23-17(21)11-15(14)25/h11-13,16H,5-10H2,1-4H3,(H2-,21,22,23,27)/p+1/t16-,26+/m0/s1. The predicted molar refractivity (Wildman–Crippen MR) is 110 cm³/mol. The highest BCUT2D eigenvalue weighted by Crippen LogP contribution is 2.30. The fraction of sp³-hybridized carbons (Fsp3) is 0.600. The third-order valence-electron chi connectivity index (χ3n) is 5.44. The average Bonchev–Trinajstić information content (AvgIpc) is 3.25. The number of fused-ring (bicyclic) bond motifs is 1. The van der Waals surface area contributed by atoms with Crippen LogP contribution in [0.1, 0.15) is 40.5 Å². The molecule has 2 aromatic heterocycles. The van der Waals surface area contributed by atoms with E-state index < -0.39 is 11.6 Å². The zero-order valence-corrected chi connectivity index (χ0v) is 17.6. The summed E-state index contributed by atoms with van der Waals surface area (Å²) in [5, 5.41) is 2.99. The molecule has 0 aromatic carbocycles. The van der Waals surface area contributed by atoms with Gasteiger partial charge < -0.3 is 20.4 Å².